The Bertz CT molecular complexity index is 983. The normalized spacial score (nSPS) is 34.5. The number of phosphoric ester groups is 1. The minimum absolute atomic E-state index is 0.0567. The monoisotopic (exact) mass is 524 g/mol. The first kappa shape index (κ1) is 25.5. The maximum atomic E-state index is 11.9. The van der Waals surface area contributed by atoms with Crippen molar-refractivity contribution in [3.05, 3.63) is 0 Å². The van der Waals surface area contributed by atoms with Crippen molar-refractivity contribution in [3.8, 4) is 0 Å². The molecular formula is C10H19N6O13P3. The van der Waals surface area contributed by atoms with Gasteiger partial charge in [0.1, 0.15) is 30.2 Å². The molecule has 3 aliphatic heterocycles. The molecule has 1 amide bonds. The molecule has 182 valence electrons. The van der Waals surface area contributed by atoms with Gasteiger partial charge in [-0.3, -0.25) is 14.6 Å². The topological polar surface area (TPSA) is 295 Å². The third-order valence-corrected chi connectivity index (χ3v) is 8.48. The molecule has 10 N–H and O–H groups in total. The number of guanidine groups is 1. The summed E-state index contributed by atoms with van der Waals surface area (Å²) in [5, 5.41) is 23.2. The van der Waals surface area contributed by atoms with E-state index < -0.39 is 66.4 Å². The zero-order chi connectivity index (χ0) is 24.1. The van der Waals surface area contributed by atoms with E-state index in [1.54, 1.807) is 0 Å². The third kappa shape index (κ3) is 5.85. The quantitative estimate of drug-likeness (QED) is 0.136. The summed E-state index contributed by atoms with van der Waals surface area (Å²) in [6.07, 6.45) is -6.11. The minimum Gasteiger partial charge on any atom is -0.387 e. The fraction of sp³-hybridized carbons (Fsp3) is 0.700. The van der Waals surface area contributed by atoms with E-state index in [0.29, 0.717) is 0 Å². The molecule has 0 aromatic carbocycles. The van der Waals surface area contributed by atoms with Gasteiger partial charge in [-0.25, -0.2) is 13.7 Å². The van der Waals surface area contributed by atoms with Crippen LogP contribution in [0.25, 0.3) is 0 Å². The van der Waals surface area contributed by atoms with Crippen LogP contribution in [-0.4, -0.2) is 96.2 Å². The van der Waals surface area contributed by atoms with E-state index in [1.807, 2.05) is 0 Å². The number of carbonyl (C=O) groups excluding carboxylic acids is 1. The van der Waals surface area contributed by atoms with E-state index in [0.717, 1.165) is 4.86 Å². The van der Waals surface area contributed by atoms with Crippen LogP contribution in [-0.2, 0) is 32.1 Å². The number of aliphatic hydroxyl groups excluding tert-OH is 2. The van der Waals surface area contributed by atoms with Crippen LogP contribution in [0.1, 0.15) is 0 Å². The molecular weight excluding hydrogens is 505 g/mol. The molecule has 2 fully saturated rings. The molecule has 3 aliphatic rings. The molecule has 22 heteroatoms. The predicted octanol–water partition coefficient (Wildman–Crippen LogP) is -4.17. The Labute approximate surface area is 178 Å². The lowest BCUT2D eigenvalue weighted by molar-refractivity contribution is -0.118. The summed E-state index contributed by atoms with van der Waals surface area (Å²) in [6.45, 7) is -1.03. The molecule has 3 unspecified atom stereocenters. The van der Waals surface area contributed by atoms with E-state index in [1.165, 1.54) is 4.90 Å². The summed E-state index contributed by atoms with van der Waals surface area (Å²) in [7, 11) is -16.2. The number of nitrogens with two attached hydrogens (primary N) is 1. The van der Waals surface area contributed by atoms with Gasteiger partial charge in [0.25, 0.3) is 5.91 Å². The van der Waals surface area contributed by atoms with Crippen molar-refractivity contribution in [2.24, 2.45) is 15.7 Å². The van der Waals surface area contributed by atoms with E-state index in [9.17, 15) is 38.5 Å². The van der Waals surface area contributed by atoms with Gasteiger partial charge in [0.2, 0.25) is 5.96 Å². The first-order chi connectivity index (χ1) is 14.6. The maximum absolute atomic E-state index is 11.9. The van der Waals surface area contributed by atoms with Crippen LogP contribution in [0, 0.1) is 0 Å². The largest absolute Gasteiger partial charge is 0.480 e. The highest BCUT2D eigenvalue weighted by Gasteiger charge is 2.51. The fourth-order valence-corrected chi connectivity index (χ4v) is 6.47. The number of nitrogens with zero attached hydrogens (tertiary/aromatic N) is 3. The first-order valence-corrected chi connectivity index (χ1v) is 13.1. The maximum Gasteiger partial charge on any atom is 0.480 e. The van der Waals surface area contributed by atoms with Gasteiger partial charge in [0.15, 0.2) is 6.23 Å². The lowest BCUT2D eigenvalue weighted by atomic mass is 10.1. The number of aliphatic hydroxyl groups is 2. The van der Waals surface area contributed by atoms with E-state index in [2.05, 4.69) is 24.1 Å². The summed E-state index contributed by atoms with van der Waals surface area (Å²) >= 11 is 0. The highest BCUT2D eigenvalue weighted by molar-refractivity contribution is 7.70. The molecule has 19 nitrogen and oxygen atoms in total. The van der Waals surface area contributed by atoms with Crippen LogP contribution in [0.5, 0.6) is 0 Å². The van der Waals surface area contributed by atoms with Gasteiger partial charge in [0.05, 0.1) is 13.3 Å². The van der Waals surface area contributed by atoms with Crippen molar-refractivity contribution in [1.82, 2.24) is 15.1 Å². The molecule has 2 saturated heterocycles. The smallest absolute Gasteiger partial charge is 0.387 e. The van der Waals surface area contributed by atoms with Crippen LogP contribution in [0.4, 0.5) is 0 Å². The van der Waals surface area contributed by atoms with Crippen LogP contribution < -0.4 is 15.9 Å². The Kier molecular flexibility index (Phi) is 7.09. The van der Waals surface area contributed by atoms with Crippen molar-refractivity contribution in [2.75, 3.05) is 13.3 Å². The Morgan fingerprint density at radius 2 is 1.84 bits per heavy atom. The number of amides is 1. The van der Waals surface area contributed by atoms with Crippen LogP contribution >= 0.6 is 23.3 Å². The number of amidine groups is 1. The van der Waals surface area contributed by atoms with E-state index in [4.69, 9.17) is 20.3 Å². The van der Waals surface area contributed by atoms with Crippen molar-refractivity contribution in [1.29, 1.82) is 0 Å². The number of hydrogen-bond donors (Lipinski definition) is 9. The highest BCUT2D eigenvalue weighted by Crippen LogP contribution is 2.61. The molecule has 0 aliphatic carbocycles. The van der Waals surface area contributed by atoms with Crippen molar-refractivity contribution in [3.63, 3.8) is 0 Å². The van der Waals surface area contributed by atoms with Gasteiger partial charge in [-0.05, 0) is 0 Å². The standard InChI is InChI=1S/C10H19N6O13P3/c11-10-13-7-4(8(19)14-10)12-2-16(7)9-6(18)5(17)3(28-9)1-27-32(25,26)29-31(23,24)15-30(20,21)22/h3-6,9,12,17-18H,1-2H2,(H,25,26)(H2,11,14,19)(H4,15,20,21,22,23,24)/t3-,4?,5-,6-,9-/m1/s1. The number of fused-ring (bicyclic) bond motifs is 1. The van der Waals surface area contributed by atoms with Crippen LogP contribution in [0.15, 0.2) is 9.98 Å². The minimum atomic E-state index is -5.47. The highest BCUT2D eigenvalue weighted by atomic mass is 31.3. The van der Waals surface area contributed by atoms with Gasteiger partial charge in [-0.1, -0.05) is 0 Å². The molecule has 0 aromatic rings. The van der Waals surface area contributed by atoms with Crippen molar-refractivity contribution >= 4 is 41.0 Å². The number of hydrogen-bond acceptors (Lipinski definition) is 13. The Balaban J connectivity index is 1.64. The second-order valence-corrected chi connectivity index (χ2v) is 11.4. The van der Waals surface area contributed by atoms with E-state index in [-0.39, 0.29) is 18.5 Å². The number of nitrogens with one attached hydrogen (secondary N) is 2. The molecule has 0 radical (unpaired) electrons. The Morgan fingerprint density at radius 3 is 2.47 bits per heavy atom. The molecule has 32 heavy (non-hydrogen) atoms. The second-order valence-electron chi connectivity index (χ2n) is 6.60. The van der Waals surface area contributed by atoms with Gasteiger partial charge >= 0.3 is 23.3 Å². The number of carbonyl (C=O) groups is 1. The molecule has 3 heterocycles. The Morgan fingerprint density at radius 1 is 1.19 bits per heavy atom. The number of ether oxygens (including phenoxy) is 1. The van der Waals surface area contributed by atoms with Gasteiger partial charge in [-0.2, -0.15) is 14.3 Å². The summed E-state index contributed by atoms with van der Waals surface area (Å²) in [6, 6.07) is -0.961. The average molecular weight is 524 g/mol. The zero-order valence-corrected chi connectivity index (χ0v) is 18.3. The second kappa shape index (κ2) is 8.90. The molecule has 3 rings (SSSR count). The number of aliphatic imine (C=N–C) groups is 2. The van der Waals surface area contributed by atoms with Gasteiger partial charge in [0, 0.05) is 0 Å². The fourth-order valence-electron chi connectivity index (χ4n) is 3.03. The summed E-state index contributed by atoms with van der Waals surface area (Å²) in [5.41, 5.74) is 5.46. The molecule has 0 bridgehead atoms. The van der Waals surface area contributed by atoms with Crippen molar-refractivity contribution in [2.45, 2.75) is 30.6 Å². The third-order valence-electron chi connectivity index (χ3n) is 4.24. The van der Waals surface area contributed by atoms with Gasteiger partial charge in [-0.15, -0.1) is 4.86 Å². The lowest BCUT2D eigenvalue weighted by Crippen LogP contribution is -2.48. The molecule has 0 saturated carbocycles. The summed E-state index contributed by atoms with van der Waals surface area (Å²) < 4.78 is 47.7. The number of rotatable bonds is 8. The van der Waals surface area contributed by atoms with Crippen LogP contribution in [0.3, 0.4) is 0 Å². The number of phosphoric acid groups is 1. The average Bonchev–Trinajstić information content (AvgIpc) is 3.12. The predicted molar refractivity (Wildman–Crippen MR) is 100 cm³/mol. The van der Waals surface area contributed by atoms with E-state index >= 15 is 0 Å². The summed E-state index contributed by atoms with van der Waals surface area (Å²) in [5.74, 6) is -0.918. The van der Waals surface area contributed by atoms with Gasteiger partial charge < -0.3 is 45.2 Å². The summed E-state index contributed by atoms with van der Waals surface area (Å²) in [4.78, 5) is 57.3. The molecule has 7 atom stereocenters. The van der Waals surface area contributed by atoms with Crippen LogP contribution in [0.2, 0.25) is 0 Å². The molecule has 0 spiro atoms. The molecule has 0 aromatic heterocycles. The van der Waals surface area contributed by atoms with Crippen molar-refractivity contribution < 1.29 is 61.8 Å². The lowest BCUT2D eigenvalue weighted by Gasteiger charge is -2.28. The Hall–Kier alpha value is -1.14. The SMILES string of the molecule is NC1=NC(=O)C2NCN([C@@H]3O[C@H](COP(=O)(O)OP(=O)(O)NP(=O)(O)O)[C@@H](O)[C@H]3O)C2=N1. The first-order valence-electron chi connectivity index (χ1n) is 8.43. The zero-order valence-electron chi connectivity index (χ0n) is 15.6.